The topological polar surface area (TPSA) is 181 Å². The number of aromatic nitrogens is 2. The van der Waals surface area contributed by atoms with Crippen molar-refractivity contribution < 1.29 is 28.7 Å². The predicted molar refractivity (Wildman–Crippen MR) is 139 cm³/mol. The normalized spacial score (nSPS) is 10.5. The standard InChI is InChI=1S/C27H21N5O7/c1-3-37-26(33)21-22(29)20-19(15-9-8-10-16(13-15)32(35)36)18(14-28)25(39-17-11-6-5-7-12-17)31-24(20)30-23(21)27(34)38-4-2/h5-13H,3-4H2,1-2H3,(H2,29,30,31). The van der Waals surface area contributed by atoms with E-state index in [1.54, 1.807) is 44.2 Å². The SMILES string of the molecule is CCOC(=O)c1nc2nc(Oc3ccccc3)c(C#N)c(-c3cccc([N+](=O)[O-])c3)c2c(N)c1C(=O)OCC. The Morgan fingerprint density at radius 1 is 1.03 bits per heavy atom. The van der Waals surface area contributed by atoms with Gasteiger partial charge in [-0.3, -0.25) is 10.1 Å². The average molecular weight is 527 g/mol. The van der Waals surface area contributed by atoms with Crippen LogP contribution in [-0.2, 0) is 9.47 Å². The smallest absolute Gasteiger partial charge is 0.357 e. The Balaban J connectivity index is 2.16. The number of nitriles is 1. The van der Waals surface area contributed by atoms with Crippen molar-refractivity contribution in [3.8, 4) is 28.8 Å². The number of benzene rings is 2. The molecule has 4 aromatic rings. The second-order valence-corrected chi connectivity index (χ2v) is 7.89. The van der Waals surface area contributed by atoms with Gasteiger partial charge in [0, 0.05) is 17.7 Å². The highest BCUT2D eigenvalue weighted by molar-refractivity contribution is 6.15. The third-order valence-electron chi connectivity index (χ3n) is 5.50. The molecule has 0 saturated carbocycles. The van der Waals surface area contributed by atoms with Gasteiger partial charge in [0.15, 0.2) is 11.3 Å². The molecule has 12 heteroatoms. The molecule has 39 heavy (non-hydrogen) atoms. The quantitative estimate of drug-likeness (QED) is 0.189. The molecule has 2 aromatic heterocycles. The molecule has 2 N–H and O–H groups in total. The van der Waals surface area contributed by atoms with Crippen molar-refractivity contribution in [3.05, 3.63) is 81.5 Å². The number of rotatable bonds is 8. The van der Waals surface area contributed by atoms with Crippen LogP contribution < -0.4 is 10.5 Å². The maximum atomic E-state index is 12.9. The maximum Gasteiger partial charge on any atom is 0.357 e. The molecule has 2 aromatic carbocycles. The number of esters is 2. The van der Waals surface area contributed by atoms with Crippen molar-refractivity contribution in [2.45, 2.75) is 13.8 Å². The lowest BCUT2D eigenvalue weighted by molar-refractivity contribution is -0.384. The van der Waals surface area contributed by atoms with E-state index in [0.29, 0.717) is 5.75 Å². The van der Waals surface area contributed by atoms with Gasteiger partial charge < -0.3 is 19.9 Å². The first-order chi connectivity index (χ1) is 18.8. The summed E-state index contributed by atoms with van der Waals surface area (Å²) in [6, 6.07) is 16.0. The fourth-order valence-corrected chi connectivity index (χ4v) is 3.90. The van der Waals surface area contributed by atoms with Gasteiger partial charge in [-0.2, -0.15) is 10.2 Å². The van der Waals surface area contributed by atoms with Crippen LogP contribution in [0.15, 0.2) is 54.6 Å². The van der Waals surface area contributed by atoms with E-state index in [9.17, 15) is 25.0 Å². The van der Waals surface area contributed by atoms with Crippen molar-refractivity contribution in [3.63, 3.8) is 0 Å². The number of nitrogens with zero attached hydrogens (tertiary/aromatic N) is 4. The molecule has 0 aliphatic heterocycles. The number of ether oxygens (including phenoxy) is 3. The van der Waals surface area contributed by atoms with Crippen LogP contribution in [0.1, 0.15) is 40.3 Å². The number of para-hydroxylation sites is 1. The van der Waals surface area contributed by atoms with Gasteiger partial charge >= 0.3 is 11.9 Å². The van der Waals surface area contributed by atoms with E-state index >= 15 is 0 Å². The summed E-state index contributed by atoms with van der Waals surface area (Å²) in [5.41, 5.74) is 5.13. The Hall–Kier alpha value is -5.57. The number of nitro benzene ring substituents is 1. The molecule has 4 rings (SSSR count). The van der Waals surface area contributed by atoms with Gasteiger partial charge in [0.05, 0.1) is 29.2 Å². The Kier molecular flexibility index (Phi) is 7.62. The van der Waals surface area contributed by atoms with E-state index in [1.807, 2.05) is 6.07 Å². The molecule has 0 fully saturated rings. The molecule has 0 aliphatic rings. The van der Waals surface area contributed by atoms with Crippen molar-refractivity contribution in [2.24, 2.45) is 0 Å². The predicted octanol–water partition coefficient (Wildman–Crippen LogP) is 4.80. The second-order valence-electron chi connectivity index (χ2n) is 7.89. The van der Waals surface area contributed by atoms with Crippen LogP contribution in [0.3, 0.4) is 0 Å². The highest BCUT2D eigenvalue weighted by Gasteiger charge is 2.31. The number of fused-ring (bicyclic) bond motifs is 1. The molecule has 0 radical (unpaired) electrons. The first-order valence-corrected chi connectivity index (χ1v) is 11.7. The number of carbonyl (C=O) groups is 2. The third-order valence-corrected chi connectivity index (χ3v) is 5.50. The van der Waals surface area contributed by atoms with Crippen LogP contribution in [0.2, 0.25) is 0 Å². The van der Waals surface area contributed by atoms with Crippen LogP contribution in [0.5, 0.6) is 11.6 Å². The molecule has 0 unspecified atom stereocenters. The molecule has 0 amide bonds. The van der Waals surface area contributed by atoms with Gasteiger partial charge in [-0.1, -0.05) is 30.3 Å². The average Bonchev–Trinajstić information content (AvgIpc) is 2.93. The van der Waals surface area contributed by atoms with E-state index in [1.165, 1.54) is 24.3 Å². The number of hydrogen-bond donors (Lipinski definition) is 1. The van der Waals surface area contributed by atoms with E-state index < -0.39 is 22.6 Å². The molecule has 0 saturated heterocycles. The van der Waals surface area contributed by atoms with Gasteiger partial charge in [0.2, 0.25) is 5.88 Å². The number of carbonyl (C=O) groups excluding carboxylic acids is 2. The summed E-state index contributed by atoms with van der Waals surface area (Å²) in [5, 5.41) is 21.7. The van der Waals surface area contributed by atoms with Gasteiger partial charge in [0.1, 0.15) is 22.9 Å². The molecule has 2 heterocycles. The van der Waals surface area contributed by atoms with Gasteiger partial charge in [-0.25, -0.2) is 14.6 Å². The van der Waals surface area contributed by atoms with E-state index in [2.05, 4.69) is 9.97 Å². The lowest BCUT2D eigenvalue weighted by Crippen LogP contribution is -2.19. The van der Waals surface area contributed by atoms with Crippen molar-refractivity contribution >= 4 is 34.3 Å². The number of pyridine rings is 2. The fraction of sp³-hybridized carbons (Fsp3) is 0.148. The first-order valence-electron chi connectivity index (χ1n) is 11.7. The van der Waals surface area contributed by atoms with Crippen molar-refractivity contribution in [1.29, 1.82) is 5.26 Å². The summed E-state index contributed by atoms with van der Waals surface area (Å²) in [7, 11) is 0. The number of nitrogens with two attached hydrogens (primary N) is 1. The summed E-state index contributed by atoms with van der Waals surface area (Å²) in [5.74, 6) is -1.74. The summed E-state index contributed by atoms with van der Waals surface area (Å²) in [6.07, 6.45) is 0. The molecule has 0 aliphatic carbocycles. The zero-order valence-electron chi connectivity index (χ0n) is 20.8. The minimum absolute atomic E-state index is 0.00330. The molecule has 0 atom stereocenters. The molecule has 196 valence electrons. The third kappa shape index (κ3) is 5.14. The second kappa shape index (κ2) is 11.2. The number of anilines is 1. The molecular formula is C27H21N5O7. The first kappa shape index (κ1) is 26.5. The Morgan fingerprint density at radius 2 is 1.72 bits per heavy atom. The molecule has 0 bridgehead atoms. The summed E-state index contributed by atoms with van der Waals surface area (Å²) < 4.78 is 16.1. The van der Waals surface area contributed by atoms with Crippen LogP contribution >= 0.6 is 0 Å². The van der Waals surface area contributed by atoms with Crippen LogP contribution in [0.25, 0.3) is 22.2 Å². The number of hydrogen-bond acceptors (Lipinski definition) is 11. The van der Waals surface area contributed by atoms with E-state index in [4.69, 9.17) is 19.9 Å². The minimum atomic E-state index is -0.944. The lowest BCUT2D eigenvalue weighted by atomic mass is 9.94. The molecule has 12 nitrogen and oxygen atoms in total. The van der Waals surface area contributed by atoms with Crippen molar-refractivity contribution in [2.75, 3.05) is 18.9 Å². The zero-order chi connectivity index (χ0) is 28.1. The van der Waals surface area contributed by atoms with Crippen LogP contribution in [-0.4, -0.2) is 40.0 Å². The minimum Gasteiger partial charge on any atom is -0.462 e. The molecular weight excluding hydrogens is 506 g/mol. The maximum absolute atomic E-state index is 12.9. The summed E-state index contributed by atoms with van der Waals surface area (Å²) in [4.78, 5) is 45.3. The summed E-state index contributed by atoms with van der Waals surface area (Å²) in [6.45, 7) is 3.12. The van der Waals surface area contributed by atoms with Gasteiger partial charge in [-0.05, 0) is 31.5 Å². The van der Waals surface area contributed by atoms with Gasteiger partial charge in [0.25, 0.3) is 5.69 Å². The summed E-state index contributed by atoms with van der Waals surface area (Å²) >= 11 is 0. The monoisotopic (exact) mass is 527 g/mol. The van der Waals surface area contributed by atoms with E-state index in [0.717, 1.165) is 0 Å². The Bertz CT molecular complexity index is 1650. The van der Waals surface area contributed by atoms with Gasteiger partial charge in [-0.15, -0.1) is 0 Å². The number of nitro groups is 1. The lowest BCUT2D eigenvalue weighted by Gasteiger charge is -2.17. The highest BCUT2D eigenvalue weighted by Crippen LogP contribution is 2.41. The van der Waals surface area contributed by atoms with Crippen LogP contribution in [0, 0.1) is 21.4 Å². The Morgan fingerprint density at radius 3 is 2.36 bits per heavy atom. The number of non-ortho nitro benzene ring substituents is 1. The van der Waals surface area contributed by atoms with Crippen molar-refractivity contribution in [1.82, 2.24) is 9.97 Å². The number of nitrogen functional groups attached to an aromatic ring is 1. The molecule has 0 spiro atoms. The zero-order valence-corrected chi connectivity index (χ0v) is 20.8. The largest absolute Gasteiger partial charge is 0.462 e. The van der Waals surface area contributed by atoms with E-state index in [-0.39, 0.29) is 63.8 Å². The Labute approximate surface area is 221 Å². The fourth-order valence-electron chi connectivity index (χ4n) is 3.90. The van der Waals surface area contributed by atoms with Crippen LogP contribution in [0.4, 0.5) is 11.4 Å². The highest BCUT2D eigenvalue weighted by atomic mass is 16.6.